The molecule has 1 aromatic rings. The van der Waals surface area contributed by atoms with E-state index in [9.17, 15) is 4.79 Å². The fraction of sp³-hybridized carbons (Fsp3) is 0.462. The van der Waals surface area contributed by atoms with Gasteiger partial charge >= 0.3 is 0 Å². The lowest BCUT2D eigenvalue weighted by Crippen LogP contribution is -2.34. The molecule has 2 N–H and O–H groups in total. The third-order valence-corrected chi connectivity index (χ3v) is 3.25. The molecule has 1 unspecified atom stereocenters. The van der Waals surface area contributed by atoms with E-state index in [2.05, 4.69) is 10.6 Å². The van der Waals surface area contributed by atoms with Gasteiger partial charge in [0.05, 0.1) is 25.5 Å². The molecule has 1 aliphatic heterocycles. The van der Waals surface area contributed by atoms with Crippen LogP contribution in [0.3, 0.4) is 0 Å². The van der Waals surface area contributed by atoms with Crippen LogP contribution in [0.25, 0.3) is 0 Å². The van der Waals surface area contributed by atoms with E-state index in [1.54, 1.807) is 19.2 Å². The lowest BCUT2D eigenvalue weighted by Gasteiger charge is -2.27. The van der Waals surface area contributed by atoms with E-state index >= 15 is 0 Å². The number of amides is 1. The molecule has 2 rings (SSSR count). The van der Waals surface area contributed by atoms with Crippen LogP contribution in [0.2, 0.25) is 5.02 Å². The van der Waals surface area contributed by atoms with Crippen LogP contribution in [0.4, 0.5) is 5.69 Å². The van der Waals surface area contributed by atoms with Gasteiger partial charge in [-0.25, -0.2) is 0 Å². The van der Waals surface area contributed by atoms with Gasteiger partial charge in [0.1, 0.15) is 5.75 Å². The molecule has 0 radical (unpaired) electrons. The number of rotatable bonds is 3. The molecule has 1 fully saturated rings. The molecule has 0 saturated carbocycles. The summed E-state index contributed by atoms with van der Waals surface area (Å²) in [4.78, 5) is 11.4. The number of nitrogens with one attached hydrogen (secondary N) is 2. The Hall–Kier alpha value is -1.30. The van der Waals surface area contributed by atoms with Crippen LogP contribution >= 0.6 is 11.6 Å². The maximum Gasteiger partial charge on any atom is 0.221 e. The van der Waals surface area contributed by atoms with Gasteiger partial charge in [-0.3, -0.25) is 4.79 Å². The second kappa shape index (κ2) is 6.23. The normalized spacial score (nSPS) is 19.0. The van der Waals surface area contributed by atoms with Crippen LogP contribution < -0.4 is 15.4 Å². The lowest BCUT2D eigenvalue weighted by molar-refractivity contribution is -0.114. The van der Waals surface area contributed by atoms with Crippen LogP contribution in [-0.4, -0.2) is 32.7 Å². The lowest BCUT2D eigenvalue weighted by atomic mass is 10.0. The zero-order valence-electron chi connectivity index (χ0n) is 11.0. The Bertz CT molecular complexity index is 473. The number of halogens is 1. The Morgan fingerprint density at radius 3 is 2.95 bits per heavy atom. The van der Waals surface area contributed by atoms with Crippen molar-refractivity contribution < 1.29 is 14.3 Å². The van der Waals surface area contributed by atoms with Gasteiger partial charge in [0.15, 0.2) is 0 Å². The largest absolute Gasteiger partial charge is 0.495 e. The van der Waals surface area contributed by atoms with Crippen LogP contribution in [0.1, 0.15) is 18.6 Å². The maximum absolute atomic E-state index is 11.4. The van der Waals surface area contributed by atoms with Crippen molar-refractivity contribution in [2.75, 3.05) is 32.1 Å². The zero-order chi connectivity index (χ0) is 13.8. The first kappa shape index (κ1) is 14.1. The minimum Gasteiger partial charge on any atom is -0.495 e. The predicted octanol–water partition coefficient (Wildman–Crippen LogP) is 1.97. The number of carbonyl (C=O) groups is 1. The molecule has 1 aliphatic rings. The number of benzene rings is 1. The first-order valence-electron chi connectivity index (χ1n) is 6.09. The van der Waals surface area contributed by atoms with Gasteiger partial charge in [0, 0.05) is 30.6 Å². The molecule has 5 nitrogen and oxygen atoms in total. The van der Waals surface area contributed by atoms with Crippen LogP contribution in [0.5, 0.6) is 5.75 Å². The third-order valence-electron chi connectivity index (χ3n) is 2.92. The average molecular weight is 285 g/mol. The number of carbonyl (C=O) groups excluding carboxylic acids is 1. The van der Waals surface area contributed by atoms with Gasteiger partial charge in [0.25, 0.3) is 0 Å². The van der Waals surface area contributed by atoms with Crippen molar-refractivity contribution in [1.82, 2.24) is 5.32 Å². The Morgan fingerprint density at radius 2 is 2.37 bits per heavy atom. The summed E-state index contributed by atoms with van der Waals surface area (Å²) in [5, 5.41) is 6.57. The molecule has 1 amide bonds. The highest BCUT2D eigenvalue weighted by molar-refractivity contribution is 6.32. The first-order valence-corrected chi connectivity index (χ1v) is 6.47. The maximum atomic E-state index is 11.4. The Balaban J connectivity index is 2.45. The summed E-state index contributed by atoms with van der Waals surface area (Å²) in [6.07, 6.45) is -0.196. The summed E-state index contributed by atoms with van der Waals surface area (Å²) < 4.78 is 11.0. The van der Waals surface area contributed by atoms with Gasteiger partial charge in [-0.05, 0) is 12.1 Å². The van der Waals surface area contributed by atoms with Crippen LogP contribution in [-0.2, 0) is 9.53 Å². The quantitative estimate of drug-likeness (QED) is 0.891. The summed E-state index contributed by atoms with van der Waals surface area (Å²) in [6.45, 7) is 3.52. The van der Waals surface area contributed by atoms with Crippen LogP contribution in [0.15, 0.2) is 12.1 Å². The molecular formula is C13H17ClN2O3. The van der Waals surface area contributed by atoms with E-state index in [0.29, 0.717) is 29.6 Å². The van der Waals surface area contributed by atoms with Crippen molar-refractivity contribution >= 4 is 23.2 Å². The molecule has 1 atom stereocenters. The van der Waals surface area contributed by atoms with E-state index < -0.39 is 0 Å². The number of ether oxygens (including phenoxy) is 2. The predicted molar refractivity (Wildman–Crippen MR) is 73.9 cm³/mol. The Labute approximate surface area is 117 Å². The highest BCUT2D eigenvalue weighted by Crippen LogP contribution is 2.39. The van der Waals surface area contributed by atoms with E-state index in [-0.39, 0.29) is 12.0 Å². The van der Waals surface area contributed by atoms with Crippen molar-refractivity contribution in [3.8, 4) is 5.75 Å². The average Bonchev–Trinajstić information content (AvgIpc) is 2.39. The Kier molecular flexibility index (Phi) is 4.63. The monoisotopic (exact) mass is 284 g/mol. The van der Waals surface area contributed by atoms with Gasteiger partial charge in [0.2, 0.25) is 5.91 Å². The summed E-state index contributed by atoms with van der Waals surface area (Å²) >= 11 is 6.26. The van der Waals surface area contributed by atoms with Crippen molar-refractivity contribution in [3.63, 3.8) is 0 Å². The smallest absolute Gasteiger partial charge is 0.221 e. The summed E-state index contributed by atoms with van der Waals surface area (Å²) in [5.74, 6) is 0.398. The van der Waals surface area contributed by atoms with Gasteiger partial charge in [-0.15, -0.1) is 0 Å². The minimum absolute atomic E-state index is 0.175. The molecule has 0 bridgehead atoms. The zero-order valence-corrected chi connectivity index (χ0v) is 11.7. The van der Waals surface area contributed by atoms with Crippen LogP contribution in [0, 0.1) is 0 Å². The van der Waals surface area contributed by atoms with Crippen molar-refractivity contribution in [1.29, 1.82) is 0 Å². The first-order chi connectivity index (χ1) is 9.13. The molecule has 1 aromatic carbocycles. The number of hydrogen-bond donors (Lipinski definition) is 2. The second-order valence-corrected chi connectivity index (χ2v) is 4.69. The highest BCUT2D eigenvalue weighted by Gasteiger charge is 2.24. The molecule has 0 aliphatic carbocycles. The molecule has 1 saturated heterocycles. The molecule has 0 aromatic heterocycles. The number of anilines is 1. The van der Waals surface area contributed by atoms with Gasteiger partial charge in [-0.2, -0.15) is 0 Å². The minimum atomic E-state index is -0.196. The van der Waals surface area contributed by atoms with Crippen molar-refractivity contribution in [2.45, 2.75) is 13.0 Å². The van der Waals surface area contributed by atoms with E-state index in [0.717, 1.165) is 12.1 Å². The summed E-state index contributed by atoms with van der Waals surface area (Å²) in [7, 11) is 1.55. The second-order valence-electron chi connectivity index (χ2n) is 4.28. The van der Waals surface area contributed by atoms with Crippen molar-refractivity contribution in [2.24, 2.45) is 0 Å². The highest BCUT2D eigenvalue weighted by atomic mass is 35.5. The molecular weight excluding hydrogens is 268 g/mol. The molecule has 6 heteroatoms. The van der Waals surface area contributed by atoms with Gasteiger partial charge < -0.3 is 20.1 Å². The molecule has 19 heavy (non-hydrogen) atoms. The fourth-order valence-corrected chi connectivity index (χ4v) is 2.39. The summed E-state index contributed by atoms with van der Waals surface area (Å²) in [6, 6.07) is 3.48. The van der Waals surface area contributed by atoms with E-state index in [1.807, 2.05) is 0 Å². The molecule has 104 valence electrons. The number of hydrogen-bond acceptors (Lipinski definition) is 4. The SMILES string of the molecule is COc1ccc(Cl)c(C2CNCCO2)c1NC(C)=O. The van der Waals surface area contributed by atoms with E-state index in [1.165, 1.54) is 6.92 Å². The Morgan fingerprint density at radius 1 is 1.58 bits per heavy atom. The fourth-order valence-electron chi connectivity index (χ4n) is 2.11. The number of methoxy groups -OCH3 is 1. The molecule has 1 heterocycles. The standard InChI is InChI=1S/C13H17ClN2O3/c1-8(17)16-13-10(18-2)4-3-9(14)12(13)11-7-15-5-6-19-11/h3-4,11,15H,5-7H2,1-2H3,(H,16,17). The van der Waals surface area contributed by atoms with Crippen molar-refractivity contribution in [3.05, 3.63) is 22.7 Å². The number of morpholine rings is 1. The topological polar surface area (TPSA) is 59.6 Å². The third kappa shape index (κ3) is 3.18. The van der Waals surface area contributed by atoms with Gasteiger partial charge in [-0.1, -0.05) is 11.6 Å². The molecule has 0 spiro atoms. The van der Waals surface area contributed by atoms with E-state index in [4.69, 9.17) is 21.1 Å². The summed E-state index contributed by atoms with van der Waals surface area (Å²) in [5.41, 5.74) is 1.33.